The Morgan fingerprint density at radius 3 is 2.35 bits per heavy atom. The van der Waals surface area contributed by atoms with E-state index >= 15 is 0 Å². The third kappa shape index (κ3) is 3.60. The van der Waals surface area contributed by atoms with Crippen LogP contribution >= 0.6 is 0 Å². The van der Waals surface area contributed by atoms with Gasteiger partial charge in [-0.25, -0.2) is 4.79 Å². The van der Waals surface area contributed by atoms with Gasteiger partial charge in [0.2, 0.25) is 0 Å². The SMILES string of the molecule is NCC1CCCCC1NC(=O)NC1CCCC1. The number of hydrogen-bond acceptors (Lipinski definition) is 2. The third-order valence-corrected chi connectivity index (χ3v) is 4.22. The summed E-state index contributed by atoms with van der Waals surface area (Å²) in [7, 11) is 0. The van der Waals surface area contributed by atoms with Crippen molar-refractivity contribution in [3.05, 3.63) is 0 Å². The summed E-state index contributed by atoms with van der Waals surface area (Å²) in [4.78, 5) is 11.9. The molecule has 4 N–H and O–H groups in total. The van der Waals surface area contributed by atoms with Crippen LogP contribution in [0.5, 0.6) is 0 Å². The zero-order chi connectivity index (χ0) is 12.1. The van der Waals surface area contributed by atoms with E-state index in [9.17, 15) is 4.79 Å². The summed E-state index contributed by atoms with van der Waals surface area (Å²) in [6.45, 7) is 0.689. The van der Waals surface area contributed by atoms with Gasteiger partial charge in [-0.05, 0) is 38.1 Å². The number of nitrogens with two attached hydrogens (primary N) is 1. The summed E-state index contributed by atoms with van der Waals surface area (Å²) in [5.74, 6) is 0.470. The molecule has 0 aliphatic heterocycles. The van der Waals surface area contributed by atoms with Gasteiger partial charge < -0.3 is 16.4 Å². The molecule has 2 fully saturated rings. The fourth-order valence-corrected chi connectivity index (χ4v) is 3.15. The lowest BCUT2D eigenvalue weighted by molar-refractivity contribution is 0.216. The first kappa shape index (κ1) is 12.7. The summed E-state index contributed by atoms with van der Waals surface area (Å²) in [5.41, 5.74) is 5.76. The minimum atomic E-state index is 0.0160. The molecule has 0 aromatic heterocycles. The van der Waals surface area contributed by atoms with Gasteiger partial charge in [0.15, 0.2) is 0 Å². The molecule has 0 aromatic rings. The second-order valence-corrected chi connectivity index (χ2v) is 5.49. The van der Waals surface area contributed by atoms with Gasteiger partial charge in [0, 0.05) is 12.1 Å². The molecule has 0 bridgehead atoms. The van der Waals surface area contributed by atoms with Crippen molar-refractivity contribution in [2.75, 3.05) is 6.54 Å². The maximum atomic E-state index is 11.9. The van der Waals surface area contributed by atoms with Crippen molar-refractivity contribution in [2.45, 2.75) is 63.5 Å². The largest absolute Gasteiger partial charge is 0.335 e. The molecule has 98 valence electrons. The van der Waals surface area contributed by atoms with Crippen molar-refractivity contribution in [3.63, 3.8) is 0 Å². The molecule has 2 saturated carbocycles. The van der Waals surface area contributed by atoms with Crippen LogP contribution < -0.4 is 16.4 Å². The van der Waals surface area contributed by atoms with Gasteiger partial charge in [-0.1, -0.05) is 25.7 Å². The summed E-state index contributed by atoms with van der Waals surface area (Å²) < 4.78 is 0. The number of amides is 2. The van der Waals surface area contributed by atoms with Gasteiger partial charge in [-0.2, -0.15) is 0 Å². The molecule has 2 aliphatic carbocycles. The average Bonchev–Trinajstić information content (AvgIpc) is 2.82. The zero-order valence-corrected chi connectivity index (χ0v) is 10.6. The molecule has 2 rings (SSSR count). The van der Waals surface area contributed by atoms with Crippen LogP contribution in [0.3, 0.4) is 0 Å². The van der Waals surface area contributed by atoms with Crippen LogP contribution in [0.25, 0.3) is 0 Å². The average molecular weight is 239 g/mol. The van der Waals surface area contributed by atoms with E-state index in [4.69, 9.17) is 5.73 Å². The van der Waals surface area contributed by atoms with E-state index in [0.29, 0.717) is 18.5 Å². The molecule has 2 aliphatic rings. The Kier molecular flexibility index (Phi) is 4.66. The molecule has 2 atom stereocenters. The highest BCUT2D eigenvalue weighted by Gasteiger charge is 2.26. The highest BCUT2D eigenvalue weighted by atomic mass is 16.2. The zero-order valence-electron chi connectivity index (χ0n) is 10.6. The number of rotatable bonds is 3. The summed E-state index contributed by atoms with van der Waals surface area (Å²) >= 11 is 0. The second kappa shape index (κ2) is 6.24. The summed E-state index contributed by atoms with van der Waals surface area (Å²) in [6, 6.07) is 0.701. The highest BCUT2D eigenvalue weighted by molar-refractivity contribution is 5.74. The molecule has 17 heavy (non-hydrogen) atoms. The summed E-state index contributed by atoms with van der Waals surface area (Å²) in [6.07, 6.45) is 9.48. The lowest BCUT2D eigenvalue weighted by atomic mass is 9.84. The fraction of sp³-hybridized carbons (Fsp3) is 0.923. The Hall–Kier alpha value is -0.770. The molecule has 2 unspecified atom stereocenters. The normalized spacial score (nSPS) is 30.2. The monoisotopic (exact) mass is 239 g/mol. The number of carbonyl (C=O) groups excluding carboxylic acids is 1. The van der Waals surface area contributed by atoms with Crippen LogP contribution in [0.2, 0.25) is 0 Å². The first-order valence-corrected chi connectivity index (χ1v) is 7.06. The maximum absolute atomic E-state index is 11.9. The topological polar surface area (TPSA) is 67.1 Å². The van der Waals surface area contributed by atoms with Crippen LogP contribution in [0.4, 0.5) is 4.79 Å². The molecule has 0 spiro atoms. The first-order valence-electron chi connectivity index (χ1n) is 7.06. The molecule has 0 aromatic carbocycles. The number of carbonyl (C=O) groups is 1. The van der Waals surface area contributed by atoms with Gasteiger partial charge in [-0.3, -0.25) is 0 Å². The minimum absolute atomic E-state index is 0.0160. The molecule has 4 heteroatoms. The fourth-order valence-electron chi connectivity index (χ4n) is 3.15. The van der Waals surface area contributed by atoms with E-state index in [-0.39, 0.29) is 12.1 Å². The van der Waals surface area contributed by atoms with Gasteiger partial charge in [0.25, 0.3) is 0 Å². The predicted molar refractivity (Wildman–Crippen MR) is 68.7 cm³/mol. The Morgan fingerprint density at radius 1 is 1.00 bits per heavy atom. The minimum Gasteiger partial charge on any atom is -0.335 e. The predicted octanol–water partition coefficient (Wildman–Crippen LogP) is 1.75. The van der Waals surface area contributed by atoms with Crippen LogP contribution in [0.1, 0.15) is 51.4 Å². The molecule has 0 heterocycles. The van der Waals surface area contributed by atoms with Crippen molar-refractivity contribution in [2.24, 2.45) is 11.7 Å². The smallest absolute Gasteiger partial charge is 0.315 e. The number of urea groups is 1. The van der Waals surface area contributed by atoms with E-state index in [1.807, 2.05) is 0 Å². The van der Waals surface area contributed by atoms with E-state index in [0.717, 1.165) is 25.7 Å². The van der Waals surface area contributed by atoms with Gasteiger partial charge in [0.05, 0.1) is 0 Å². The van der Waals surface area contributed by atoms with E-state index in [2.05, 4.69) is 10.6 Å². The third-order valence-electron chi connectivity index (χ3n) is 4.22. The van der Waals surface area contributed by atoms with Crippen LogP contribution in [0.15, 0.2) is 0 Å². The van der Waals surface area contributed by atoms with Crippen LogP contribution in [-0.2, 0) is 0 Å². The number of hydrogen-bond donors (Lipinski definition) is 3. The van der Waals surface area contributed by atoms with Crippen molar-refractivity contribution in [1.82, 2.24) is 10.6 Å². The van der Waals surface area contributed by atoms with Gasteiger partial charge in [0.1, 0.15) is 0 Å². The molecular weight excluding hydrogens is 214 g/mol. The molecule has 2 amide bonds. The maximum Gasteiger partial charge on any atom is 0.315 e. The highest BCUT2D eigenvalue weighted by Crippen LogP contribution is 2.23. The standard InChI is InChI=1S/C13H25N3O/c14-9-10-5-1-4-8-12(10)16-13(17)15-11-6-2-3-7-11/h10-12H,1-9,14H2,(H2,15,16,17). The first-order chi connectivity index (χ1) is 8.29. The summed E-state index contributed by atoms with van der Waals surface area (Å²) in [5, 5.41) is 6.20. The lowest BCUT2D eigenvalue weighted by Gasteiger charge is -2.31. The quantitative estimate of drug-likeness (QED) is 0.702. The van der Waals surface area contributed by atoms with Crippen molar-refractivity contribution < 1.29 is 4.79 Å². The van der Waals surface area contributed by atoms with Crippen LogP contribution in [-0.4, -0.2) is 24.7 Å². The second-order valence-electron chi connectivity index (χ2n) is 5.49. The Morgan fingerprint density at radius 2 is 1.65 bits per heavy atom. The van der Waals surface area contributed by atoms with Crippen molar-refractivity contribution in [1.29, 1.82) is 0 Å². The van der Waals surface area contributed by atoms with Crippen molar-refractivity contribution >= 4 is 6.03 Å². The van der Waals surface area contributed by atoms with Gasteiger partial charge >= 0.3 is 6.03 Å². The Balaban J connectivity index is 1.75. The van der Waals surface area contributed by atoms with E-state index in [1.165, 1.54) is 25.7 Å². The Bertz CT molecular complexity index is 251. The molecular formula is C13H25N3O. The lowest BCUT2D eigenvalue weighted by Crippen LogP contribution is -2.50. The molecule has 0 saturated heterocycles. The van der Waals surface area contributed by atoms with E-state index in [1.54, 1.807) is 0 Å². The molecule has 0 radical (unpaired) electrons. The van der Waals surface area contributed by atoms with Crippen LogP contribution in [0, 0.1) is 5.92 Å². The van der Waals surface area contributed by atoms with Gasteiger partial charge in [-0.15, -0.1) is 0 Å². The van der Waals surface area contributed by atoms with E-state index < -0.39 is 0 Å². The van der Waals surface area contributed by atoms with Crippen molar-refractivity contribution in [3.8, 4) is 0 Å². The number of nitrogens with one attached hydrogen (secondary N) is 2. The molecule has 4 nitrogen and oxygen atoms in total. The Labute approximate surface area is 104 Å².